The number of hydrogen-bond acceptors (Lipinski definition) is 2. The molecule has 0 saturated carbocycles. The number of rotatable bonds is 3. The first-order chi connectivity index (χ1) is 8.02. The first-order valence-electron chi connectivity index (χ1n) is 6.17. The van der Waals surface area contributed by atoms with Gasteiger partial charge in [-0.25, -0.2) is 0 Å². The lowest BCUT2D eigenvalue weighted by molar-refractivity contribution is 0.0911. The number of fused-ring (bicyclic) bond motifs is 1. The van der Waals surface area contributed by atoms with Crippen molar-refractivity contribution in [3.05, 3.63) is 34.9 Å². The molecule has 1 heterocycles. The molecule has 0 radical (unpaired) electrons. The van der Waals surface area contributed by atoms with E-state index in [0.29, 0.717) is 0 Å². The quantitative estimate of drug-likeness (QED) is 0.839. The van der Waals surface area contributed by atoms with Crippen molar-refractivity contribution in [2.75, 3.05) is 0 Å². The van der Waals surface area contributed by atoms with Crippen LogP contribution in [0.25, 0.3) is 0 Å². The minimum atomic E-state index is -0.144. The predicted octanol–water partition coefficient (Wildman–Crippen LogP) is 2.21. The molecule has 2 N–H and O–H groups in total. The highest BCUT2D eigenvalue weighted by molar-refractivity contribution is 5.95. The second-order valence-corrected chi connectivity index (χ2v) is 5.28. The average Bonchev–Trinajstić information content (AvgIpc) is 2.75. The van der Waals surface area contributed by atoms with Crippen molar-refractivity contribution in [3.63, 3.8) is 0 Å². The summed E-state index contributed by atoms with van der Waals surface area (Å²) >= 11 is 0. The van der Waals surface area contributed by atoms with Gasteiger partial charge in [0.25, 0.3) is 5.91 Å². The van der Waals surface area contributed by atoms with E-state index in [1.165, 1.54) is 11.1 Å². The molecule has 0 spiro atoms. The van der Waals surface area contributed by atoms with Gasteiger partial charge >= 0.3 is 0 Å². The summed E-state index contributed by atoms with van der Waals surface area (Å²) in [6.07, 6.45) is 0.922. The summed E-state index contributed by atoms with van der Waals surface area (Å²) in [5, 5.41) is 6.34. The molecule has 0 atom stereocenters. The fourth-order valence-electron chi connectivity index (χ4n) is 1.90. The average molecular weight is 232 g/mol. The number of benzene rings is 1. The molecule has 0 aromatic heterocycles. The highest BCUT2D eigenvalue weighted by atomic mass is 16.1. The van der Waals surface area contributed by atoms with Gasteiger partial charge < -0.3 is 10.6 Å². The van der Waals surface area contributed by atoms with Crippen LogP contribution in [0.5, 0.6) is 0 Å². The molecule has 0 saturated heterocycles. The summed E-state index contributed by atoms with van der Waals surface area (Å²) in [6.45, 7) is 7.94. The third kappa shape index (κ3) is 2.67. The van der Waals surface area contributed by atoms with E-state index < -0.39 is 0 Å². The third-order valence-corrected chi connectivity index (χ3v) is 3.44. The Labute approximate surface area is 103 Å². The molecule has 1 aliphatic heterocycles. The SMILES string of the molecule is CCC(C)(C)NC(=O)c1ccc2c(c1)CNC2. The molecule has 2 rings (SSSR count). The van der Waals surface area contributed by atoms with Crippen molar-refractivity contribution >= 4 is 5.91 Å². The van der Waals surface area contributed by atoms with Gasteiger partial charge in [-0.05, 0) is 43.5 Å². The summed E-state index contributed by atoms with van der Waals surface area (Å²) in [4.78, 5) is 12.1. The van der Waals surface area contributed by atoms with Gasteiger partial charge in [0.05, 0.1) is 0 Å². The molecule has 0 bridgehead atoms. The molecular weight excluding hydrogens is 212 g/mol. The minimum absolute atomic E-state index is 0.0200. The summed E-state index contributed by atoms with van der Waals surface area (Å²) < 4.78 is 0. The van der Waals surface area contributed by atoms with Crippen molar-refractivity contribution in [3.8, 4) is 0 Å². The predicted molar refractivity (Wildman–Crippen MR) is 68.8 cm³/mol. The molecule has 0 aliphatic carbocycles. The number of hydrogen-bond donors (Lipinski definition) is 2. The Hall–Kier alpha value is -1.35. The molecule has 92 valence electrons. The molecule has 0 unspecified atom stereocenters. The number of carbonyl (C=O) groups is 1. The topological polar surface area (TPSA) is 41.1 Å². The summed E-state index contributed by atoms with van der Waals surface area (Å²) in [5.41, 5.74) is 3.16. The van der Waals surface area contributed by atoms with Gasteiger partial charge in [0.1, 0.15) is 0 Å². The van der Waals surface area contributed by atoms with Crippen molar-refractivity contribution in [1.82, 2.24) is 10.6 Å². The fourth-order valence-corrected chi connectivity index (χ4v) is 1.90. The third-order valence-electron chi connectivity index (χ3n) is 3.44. The normalized spacial score (nSPS) is 14.5. The van der Waals surface area contributed by atoms with Gasteiger partial charge in [0.2, 0.25) is 0 Å². The molecule has 3 nitrogen and oxygen atoms in total. The Balaban J connectivity index is 2.15. The van der Waals surface area contributed by atoms with Crippen LogP contribution in [0.15, 0.2) is 18.2 Å². The van der Waals surface area contributed by atoms with E-state index in [4.69, 9.17) is 0 Å². The second-order valence-electron chi connectivity index (χ2n) is 5.28. The zero-order valence-electron chi connectivity index (χ0n) is 10.8. The van der Waals surface area contributed by atoms with E-state index >= 15 is 0 Å². The van der Waals surface area contributed by atoms with Crippen LogP contribution >= 0.6 is 0 Å². The number of amides is 1. The van der Waals surface area contributed by atoms with Crippen LogP contribution in [-0.4, -0.2) is 11.4 Å². The zero-order chi connectivity index (χ0) is 12.5. The molecule has 1 amide bonds. The largest absolute Gasteiger partial charge is 0.347 e. The van der Waals surface area contributed by atoms with E-state index in [1.807, 2.05) is 32.0 Å². The first-order valence-corrected chi connectivity index (χ1v) is 6.17. The van der Waals surface area contributed by atoms with E-state index in [9.17, 15) is 4.79 Å². The number of carbonyl (C=O) groups excluding carboxylic acids is 1. The summed E-state index contributed by atoms with van der Waals surface area (Å²) in [7, 11) is 0. The molecule has 0 fully saturated rings. The van der Waals surface area contributed by atoms with Crippen LogP contribution in [0.2, 0.25) is 0 Å². The first kappa shape index (κ1) is 12.1. The van der Waals surface area contributed by atoms with Crippen molar-refractivity contribution in [2.24, 2.45) is 0 Å². The van der Waals surface area contributed by atoms with Crippen molar-refractivity contribution in [2.45, 2.75) is 45.8 Å². The number of nitrogens with one attached hydrogen (secondary N) is 2. The lowest BCUT2D eigenvalue weighted by atomic mass is 10.0. The maximum absolute atomic E-state index is 12.1. The highest BCUT2D eigenvalue weighted by Gasteiger charge is 2.20. The van der Waals surface area contributed by atoms with Crippen LogP contribution in [0, 0.1) is 0 Å². The Bertz CT molecular complexity index is 438. The lowest BCUT2D eigenvalue weighted by Crippen LogP contribution is -2.42. The minimum Gasteiger partial charge on any atom is -0.347 e. The van der Waals surface area contributed by atoms with Crippen LogP contribution in [0.1, 0.15) is 48.7 Å². The fraction of sp³-hybridized carbons (Fsp3) is 0.500. The highest BCUT2D eigenvalue weighted by Crippen LogP contribution is 2.18. The van der Waals surface area contributed by atoms with E-state index in [1.54, 1.807) is 0 Å². The van der Waals surface area contributed by atoms with Gasteiger partial charge in [-0.15, -0.1) is 0 Å². The van der Waals surface area contributed by atoms with Gasteiger partial charge in [0, 0.05) is 24.2 Å². The van der Waals surface area contributed by atoms with E-state index in [2.05, 4.69) is 17.6 Å². The summed E-state index contributed by atoms with van der Waals surface area (Å²) in [5.74, 6) is 0.0200. The van der Waals surface area contributed by atoms with E-state index in [-0.39, 0.29) is 11.4 Å². The molecule has 1 aromatic rings. The van der Waals surface area contributed by atoms with E-state index in [0.717, 1.165) is 25.1 Å². The van der Waals surface area contributed by atoms with Crippen molar-refractivity contribution < 1.29 is 4.79 Å². The Morgan fingerprint density at radius 2 is 2.06 bits per heavy atom. The molecule has 17 heavy (non-hydrogen) atoms. The van der Waals surface area contributed by atoms with Crippen LogP contribution in [0.4, 0.5) is 0 Å². The van der Waals surface area contributed by atoms with Gasteiger partial charge in [0.15, 0.2) is 0 Å². The standard InChI is InChI=1S/C14H20N2O/c1-4-14(2,3)16-13(17)10-5-6-11-8-15-9-12(11)7-10/h5-7,15H,4,8-9H2,1-3H3,(H,16,17). The van der Waals surface area contributed by atoms with Gasteiger partial charge in [-0.3, -0.25) is 4.79 Å². The van der Waals surface area contributed by atoms with Gasteiger partial charge in [-0.1, -0.05) is 13.0 Å². The van der Waals surface area contributed by atoms with Crippen molar-refractivity contribution in [1.29, 1.82) is 0 Å². The lowest BCUT2D eigenvalue weighted by Gasteiger charge is -2.24. The Morgan fingerprint density at radius 3 is 2.76 bits per heavy atom. The maximum Gasteiger partial charge on any atom is 0.251 e. The Kier molecular flexibility index (Phi) is 3.20. The molecular formula is C14H20N2O. The van der Waals surface area contributed by atoms with Crippen LogP contribution in [0.3, 0.4) is 0 Å². The molecule has 1 aliphatic rings. The maximum atomic E-state index is 12.1. The second kappa shape index (κ2) is 4.49. The smallest absolute Gasteiger partial charge is 0.251 e. The zero-order valence-corrected chi connectivity index (χ0v) is 10.8. The van der Waals surface area contributed by atoms with Gasteiger partial charge in [-0.2, -0.15) is 0 Å². The van der Waals surface area contributed by atoms with Crippen LogP contribution < -0.4 is 10.6 Å². The van der Waals surface area contributed by atoms with Crippen LogP contribution in [-0.2, 0) is 13.1 Å². The molecule has 1 aromatic carbocycles. The Morgan fingerprint density at radius 1 is 1.35 bits per heavy atom. The monoisotopic (exact) mass is 232 g/mol. The summed E-state index contributed by atoms with van der Waals surface area (Å²) in [6, 6.07) is 5.95. The molecule has 3 heteroatoms.